The van der Waals surface area contributed by atoms with Crippen LogP contribution in [0.15, 0.2) is 23.0 Å². The van der Waals surface area contributed by atoms with Gasteiger partial charge in [0.05, 0.1) is 17.7 Å². The quantitative estimate of drug-likeness (QED) is 0.915. The molecule has 20 heavy (non-hydrogen) atoms. The minimum Gasteiger partial charge on any atom is -0.472 e. The van der Waals surface area contributed by atoms with Crippen LogP contribution < -0.4 is 5.32 Å². The standard InChI is InChI=1S/C15H22N2O3/c1-11(2)8-16-14(18)12-4-3-6-17(9-12)15(19)13-5-7-20-10-13/h5,7,10-12H,3-4,6,8-9H2,1-2H3,(H,16,18). The Bertz CT molecular complexity index is 454. The predicted molar refractivity (Wildman–Crippen MR) is 75.2 cm³/mol. The zero-order valence-electron chi connectivity index (χ0n) is 12.1. The first kappa shape index (κ1) is 14.6. The number of carbonyl (C=O) groups is 2. The summed E-state index contributed by atoms with van der Waals surface area (Å²) in [5.74, 6) is 0.341. The van der Waals surface area contributed by atoms with E-state index in [1.807, 2.05) is 0 Å². The highest BCUT2D eigenvalue weighted by atomic mass is 16.3. The van der Waals surface area contributed by atoms with Crippen LogP contribution in [0.5, 0.6) is 0 Å². The summed E-state index contributed by atoms with van der Waals surface area (Å²) < 4.78 is 4.94. The molecule has 1 aliphatic rings. The van der Waals surface area contributed by atoms with Gasteiger partial charge in [-0.05, 0) is 24.8 Å². The van der Waals surface area contributed by atoms with Gasteiger partial charge >= 0.3 is 0 Å². The molecule has 2 heterocycles. The van der Waals surface area contributed by atoms with Gasteiger partial charge < -0.3 is 14.6 Å². The molecular formula is C15H22N2O3. The zero-order valence-corrected chi connectivity index (χ0v) is 12.1. The molecule has 1 aliphatic heterocycles. The highest BCUT2D eigenvalue weighted by molar-refractivity contribution is 5.94. The van der Waals surface area contributed by atoms with Gasteiger partial charge in [-0.1, -0.05) is 13.8 Å². The summed E-state index contributed by atoms with van der Waals surface area (Å²) in [7, 11) is 0. The Kier molecular flexibility index (Phi) is 4.82. The average molecular weight is 278 g/mol. The molecule has 1 aromatic heterocycles. The third-order valence-corrected chi connectivity index (χ3v) is 3.53. The topological polar surface area (TPSA) is 62.6 Å². The molecule has 1 aromatic rings. The number of piperidine rings is 1. The molecule has 5 heteroatoms. The van der Waals surface area contributed by atoms with E-state index in [1.165, 1.54) is 12.5 Å². The van der Waals surface area contributed by atoms with Crippen LogP contribution in [-0.4, -0.2) is 36.3 Å². The SMILES string of the molecule is CC(C)CNC(=O)C1CCCN(C(=O)c2ccoc2)C1. The number of likely N-dealkylation sites (tertiary alicyclic amines) is 1. The van der Waals surface area contributed by atoms with E-state index in [4.69, 9.17) is 4.42 Å². The van der Waals surface area contributed by atoms with Crippen molar-refractivity contribution in [3.63, 3.8) is 0 Å². The largest absolute Gasteiger partial charge is 0.472 e. The van der Waals surface area contributed by atoms with E-state index in [1.54, 1.807) is 11.0 Å². The molecule has 1 saturated heterocycles. The van der Waals surface area contributed by atoms with Crippen molar-refractivity contribution in [1.82, 2.24) is 10.2 Å². The van der Waals surface area contributed by atoms with E-state index >= 15 is 0 Å². The third kappa shape index (κ3) is 3.62. The lowest BCUT2D eigenvalue weighted by Crippen LogP contribution is -2.45. The van der Waals surface area contributed by atoms with Crippen LogP contribution in [0.4, 0.5) is 0 Å². The van der Waals surface area contributed by atoms with Crippen molar-refractivity contribution < 1.29 is 14.0 Å². The Balaban J connectivity index is 1.91. The van der Waals surface area contributed by atoms with Crippen LogP contribution in [0.25, 0.3) is 0 Å². The maximum absolute atomic E-state index is 12.2. The van der Waals surface area contributed by atoms with Gasteiger partial charge in [0.15, 0.2) is 0 Å². The summed E-state index contributed by atoms with van der Waals surface area (Å²) in [6.07, 6.45) is 4.65. The van der Waals surface area contributed by atoms with Crippen LogP contribution in [0.3, 0.4) is 0 Å². The second-order valence-electron chi connectivity index (χ2n) is 5.74. The molecule has 0 bridgehead atoms. The average Bonchev–Trinajstić information content (AvgIpc) is 2.98. The molecular weight excluding hydrogens is 256 g/mol. The van der Waals surface area contributed by atoms with Crippen molar-refractivity contribution in [1.29, 1.82) is 0 Å². The minimum atomic E-state index is -0.0987. The van der Waals surface area contributed by atoms with Crippen LogP contribution in [0, 0.1) is 11.8 Å². The first-order valence-electron chi connectivity index (χ1n) is 7.17. The molecule has 1 unspecified atom stereocenters. The lowest BCUT2D eigenvalue weighted by Gasteiger charge is -2.32. The van der Waals surface area contributed by atoms with E-state index in [0.717, 1.165) is 12.8 Å². The second-order valence-corrected chi connectivity index (χ2v) is 5.74. The number of hydrogen-bond donors (Lipinski definition) is 1. The van der Waals surface area contributed by atoms with E-state index in [9.17, 15) is 9.59 Å². The molecule has 0 aliphatic carbocycles. The summed E-state index contributed by atoms with van der Waals surface area (Å²) in [4.78, 5) is 26.1. The van der Waals surface area contributed by atoms with Crippen LogP contribution in [0.1, 0.15) is 37.0 Å². The van der Waals surface area contributed by atoms with Crippen molar-refractivity contribution in [3.8, 4) is 0 Å². The van der Waals surface area contributed by atoms with Gasteiger partial charge in [-0.2, -0.15) is 0 Å². The molecule has 110 valence electrons. The molecule has 0 saturated carbocycles. The van der Waals surface area contributed by atoms with E-state index in [0.29, 0.717) is 31.1 Å². The fourth-order valence-electron chi connectivity index (χ4n) is 2.39. The van der Waals surface area contributed by atoms with Crippen LogP contribution >= 0.6 is 0 Å². The lowest BCUT2D eigenvalue weighted by molar-refractivity contribution is -0.126. The Morgan fingerprint density at radius 2 is 2.30 bits per heavy atom. The summed E-state index contributed by atoms with van der Waals surface area (Å²) in [5.41, 5.74) is 0.549. The number of nitrogens with one attached hydrogen (secondary N) is 1. The predicted octanol–water partition coefficient (Wildman–Crippen LogP) is 1.90. The van der Waals surface area contributed by atoms with E-state index in [-0.39, 0.29) is 17.7 Å². The summed E-state index contributed by atoms with van der Waals surface area (Å²) >= 11 is 0. The number of furan rings is 1. The molecule has 5 nitrogen and oxygen atoms in total. The molecule has 0 aromatic carbocycles. The first-order chi connectivity index (χ1) is 9.58. The van der Waals surface area contributed by atoms with Crippen molar-refractivity contribution in [2.75, 3.05) is 19.6 Å². The van der Waals surface area contributed by atoms with Crippen molar-refractivity contribution >= 4 is 11.8 Å². The van der Waals surface area contributed by atoms with Gasteiger partial charge in [-0.3, -0.25) is 9.59 Å². The zero-order chi connectivity index (χ0) is 14.5. The maximum Gasteiger partial charge on any atom is 0.257 e. The van der Waals surface area contributed by atoms with Gasteiger partial charge in [-0.15, -0.1) is 0 Å². The highest BCUT2D eigenvalue weighted by Gasteiger charge is 2.29. The Morgan fingerprint density at radius 1 is 1.50 bits per heavy atom. The lowest BCUT2D eigenvalue weighted by atomic mass is 9.96. The second kappa shape index (κ2) is 6.59. The van der Waals surface area contributed by atoms with Gasteiger partial charge in [0.1, 0.15) is 6.26 Å². The first-order valence-corrected chi connectivity index (χ1v) is 7.17. The number of carbonyl (C=O) groups excluding carboxylic acids is 2. The normalized spacial score (nSPS) is 19.1. The van der Waals surface area contributed by atoms with Gasteiger partial charge in [-0.25, -0.2) is 0 Å². The summed E-state index contributed by atoms with van der Waals surface area (Å²) in [5, 5.41) is 2.95. The highest BCUT2D eigenvalue weighted by Crippen LogP contribution is 2.19. The van der Waals surface area contributed by atoms with Gasteiger partial charge in [0.25, 0.3) is 5.91 Å². The van der Waals surface area contributed by atoms with Gasteiger partial charge in [0, 0.05) is 19.6 Å². The van der Waals surface area contributed by atoms with Crippen molar-refractivity contribution in [3.05, 3.63) is 24.2 Å². The monoisotopic (exact) mass is 278 g/mol. The van der Waals surface area contributed by atoms with Crippen molar-refractivity contribution in [2.24, 2.45) is 11.8 Å². The molecule has 1 atom stereocenters. The van der Waals surface area contributed by atoms with Gasteiger partial charge in [0.2, 0.25) is 5.91 Å². The Labute approximate surface area is 119 Å². The number of rotatable bonds is 4. The summed E-state index contributed by atoms with van der Waals surface area (Å²) in [6.45, 7) is 6.02. The fraction of sp³-hybridized carbons (Fsp3) is 0.600. The third-order valence-electron chi connectivity index (χ3n) is 3.53. The Hall–Kier alpha value is -1.78. The molecule has 0 spiro atoms. The number of amides is 2. The van der Waals surface area contributed by atoms with E-state index < -0.39 is 0 Å². The van der Waals surface area contributed by atoms with Crippen LogP contribution in [0.2, 0.25) is 0 Å². The fourth-order valence-corrected chi connectivity index (χ4v) is 2.39. The number of nitrogens with zero attached hydrogens (tertiary/aromatic N) is 1. The molecule has 2 amide bonds. The number of hydrogen-bond acceptors (Lipinski definition) is 3. The minimum absolute atomic E-state index is 0.0555. The Morgan fingerprint density at radius 3 is 2.95 bits per heavy atom. The van der Waals surface area contributed by atoms with Crippen molar-refractivity contribution in [2.45, 2.75) is 26.7 Å². The molecule has 0 radical (unpaired) electrons. The van der Waals surface area contributed by atoms with Crippen LogP contribution in [-0.2, 0) is 4.79 Å². The van der Waals surface area contributed by atoms with E-state index in [2.05, 4.69) is 19.2 Å². The maximum atomic E-state index is 12.2. The molecule has 1 N–H and O–H groups in total. The summed E-state index contributed by atoms with van der Waals surface area (Å²) in [6, 6.07) is 1.66. The molecule has 1 fully saturated rings. The smallest absolute Gasteiger partial charge is 0.257 e. The molecule has 2 rings (SSSR count).